The van der Waals surface area contributed by atoms with Crippen LogP contribution in [-0.4, -0.2) is 42.3 Å². The predicted octanol–water partition coefficient (Wildman–Crippen LogP) is 0.523. The minimum absolute atomic E-state index is 0.0117. The summed E-state index contributed by atoms with van der Waals surface area (Å²) in [6.07, 6.45) is -0.0117. The summed E-state index contributed by atoms with van der Waals surface area (Å²) in [7, 11) is 1.55. The molecular weight excluding hydrogens is 204 g/mol. The number of esters is 1. The van der Waals surface area contributed by atoms with Gasteiger partial charge in [0.25, 0.3) is 0 Å². The second-order valence-corrected chi connectivity index (χ2v) is 5.53. The maximum Gasteiger partial charge on any atom is 0.539 e. The van der Waals surface area contributed by atoms with E-state index in [4.69, 9.17) is 18.0 Å². The number of carbonyl (C=O) groups excluding carboxylic acids is 1. The molecule has 0 saturated carbocycles. The van der Waals surface area contributed by atoms with Gasteiger partial charge in [-0.2, -0.15) is 0 Å². The van der Waals surface area contributed by atoms with Gasteiger partial charge >= 0.3 is 14.8 Å². The topological polar surface area (TPSA) is 54.0 Å². The summed E-state index contributed by atoms with van der Waals surface area (Å²) < 4.78 is 20.1. The standard InChI is InChI=1S/C8H16O5Si/c1-7(2)8(9)13-6-14(10-3,11-4)12-5/h1,6H2,2-5H3. The Bertz CT molecular complexity index is 204. The Kier molecular flexibility index (Phi) is 5.62. The molecule has 0 N–H and O–H groups in total. The fraction of sp³-hybridized carbons (Fsp3) is 0.625. The van der Waals surface area contributed by atoms with E-state index in [0.717, 1.165) is 0 Å². The number of hydrogen-bond acceptors (Lipinski definition) is 5. The van der Waals surface area contributed by atoms with Gasteiger partial charge in [0.1, 0.15) is 0 Å². The Morgan fingerprint density at radius 3 is 1.93 bits per heavy atom. The van der Waals surface area contributed by atoms with Crippen molar-refractivity contribution in [3.63, 3.8) is 0 Å². The van der Waals surface area contributed by atoms with Crippen molar-refractivity contribution in [3.8, 4) is 0 Å². The third kappa shape index (κ3) is 3.58. The fourth-order valence-corrected chi connectivity index (χ4v) is 1.87. The second kappa shape index (κ2) is 5.92. The van der Waals surface area contributed by atoms with Gasteiger partial charge < -0.3 is 18.0 Å². The molecule has 0 aromatic rings. The molecular formula is C8H16O5Si. The van der Waals surface area contributed by atoms with Gasteiger partial charge in [-0.1, -0.05) is 6.58 Å². The highest BCUT2D eigenvalue weighted by Crippen LogP contribution is 2.07. The van der Waals surface area contributed by atoms with E-state index in [0.29, 0.717) is 5.57 Å². The third-order valence-electron chi connectivity index (χ3n) is 1.66. The van der Waals surface area contributed by atoms with Crippen LogP contribution >= 0.6 is 0 Å². The van der Waals surface area contributed by atoms with Crippen molar-refractivity contribution in [2.75, 3.05) is 27.6 Å². The first kappa shape index (κ1) is 13.3. The molecule has 0 spiro atoms. The van der Waals surface area contributed by atoms with Crippen molar-refractivity contribution < 1.29 is 22.8 Å². The average molecular weight is 220 g/mol. The molecule has 5 nitrogen and oxygen atoms in total. The molecule has 0 amide bonds. The van der Waals surface area contributed by atoms with Gasteiger partial charge in [0.2, 0.25) is 0 Å². The van der Waals surface area contributed by atoms with E-state index in [2.05, 4.69) is 6.58 Å². The van der Waals surface area contributed by atoms with Gasteiger partial charge in [-0.3, -0.25) is 0 Å². The van der Waals surface area contributed by atoms with Crippen LogP contribution in [0.1, 0.15) is 6.92 Å². The highest BCUT2D eigenvalue weighted by Gasteiger charge is 2.40. The first-order chi connectivity index (χ1) is 6.51. The molecule has 0 radical (unpaired) electrons. The zero-order valence-corrected chi connectivity index (χ0v) is 9.96. The van der Waals surface area contributed by atoms with E-state index >= 15 is 0 Å². The maximum absolute atomic E-state index is 11.1. The molecule has 0 aliphatic carbocycles. The van der Waals surface area contributed by atoms with Crippen LogP contribution in [0.4, 0.5) is 0 Å². The molecule has 0 aromatic heterocycles. The van der Waals surface area contributed by atoms with E-state index in [9.17, 15) is 4.79 Å². The van der Waals surface area contributed by atoms with E-state index in [1.54, 1.807) is 6.92 Å². The zero-order valence-electron chi connectivity index (χ0n) is 8.96. The summed E-state index contributed by atoms with van der Waals surface area (Å²) in [5.41, 5.74) is 0.330. The number of carbonyl (C=O) groups is 1. The van der Waals surface area contributed by atoms with Crippen molar-refractivity contribution in [2.45, 2.75) is 6.92 Å². The maximum atomic E-state index is 11.1. The zero-order chi connectivity index (χ0) is 11.2. The Hall–Kier alpha value is -0.693. The number of ether oxygens (including phenoxy) is 1. The lowest BCUT2D eigenvalue weighted by molar-refractivity contribution is -0.138. The Balaban J connectivity index is 4.19. The van der Waals surface area contributed by atoms with E-state index < -0.39 is 14.8 Å². The summed E-state index contributed by atoms with van der Waals surface area (Å²) in [5.74, 6) is -0.479. The molecule has 6 heteroatoms. The lowest BCUT2D eigenvalue weighted by Crippen LogP contribution is -2.48. The lowest BCUT2D eigenvalue weighted by Gasteiger charge is -2.23. The molecule has 0 aliphatic rings. The van der Waals surface area contributed by atoms with E-state index in [-0.39, 0.29) is 6.23 Å². The van der Waals surface area contributed by atoms with Crippen LogP contribution in [0.5, 0.6) is 0 Å². The molecule has 0 aliphatic heterocycles. The summed E-state index contributed by atoms with van der Waals surface area (Å²) in [4.78, 5) is 11.1. The molecule has 14 heavy (non-hydrogen) atoms. The minimum Gasteiger partial charge on any atom is -0.458 e. The minimum atomic E-state index is -2.81. The first-order valence-electron chi connectivity index (χ1n) is 3.99. The van der Waals surface area contributed by atoms with Crippen molar-refractivity contribution in [1.82, 2.24) is 0 Å². The van der Waals surface area contributed by atoms with Crippen LogP contribution in [0.15, 0.2) is 12.2 Å². The smallest absolute Gasteiger partial charge is 0.458 e. The summed E-state index contributed by atoms with van der Waals surface area (Å²) in [6, 6.07) is 0. The van der Waals surface area contributed by atoms with Crippen molar-refractivity contribution in [2.24, 2.45) is 0 Å². The average Bonchev–Trinajstić information content (AvgIpc) is 2.20. The van der Waals surface area contributed by atoms with Gasteiger partial charge in [-0.05, 0) is 6.92 Å². The van der Waals surface area contributed by atoms with Gasteiger partial charge in [-0.25, -0.2) is 4.79 Å². The highest BCUT2D eigenvalue weighted by atomic mass is 28.4. The van der Waals surface area contributed by atoms with Gasteiger partial charge in [0.05, 0.1) is 0 Å². The summed E-state index contributed by atoms with van der Waals surface area (Å²) >= 11 is 0. The van der Waals surface area contributed by atoms with Crippen molar-refractivity contribution in [3.05, 3.63) is 12.2 Å². The van der Waals surface area contributed by atoms with Crippen LogP contribution in [0.2, 0.25) is 0 Å². The SMILES string of the molecule is C=C(C)C(=O)OC[Si](OC)(OC)OC. The quantitative estimate of drug-likeness (QED) is 0.371. The van der Waals surface area contributed by atoms with Crippen LogP contribution in [0.3, 0.4) is 0 Å². The van der Waals surface area contributed by atoms with Gasteiger partial charge in [-0.15, -0.1) is 0 Å². The van der Waals surface area contributed by atoms with Crippen molar-refractivity contribution >= 4 is 14.8 Å². The summed E-state index contributed by atoms with van der Waals surface area (Å²) in [5, 5.41) is 0. The molecule has 0 unspecified atom stereocenters. The van der Waals surface area contributed by atoms with Gasteiger partial charge in [0, 0.05) is 26.9 Å². The molecule has 0 rings (SSSR count). The van der Waals surface area contributed by atoms with Crippen LogP contribution in [-0.2, 0) is 22.8 Å². The second-order valence-electron chi connectivity index (χ2n) is 2.65. The third-order valence-corrected chi connectivity index (χ3v) is 4.03. The Labute approximate surface area is 85.0 Å². The molecule has 82 valence electrons. The molecule has 0 heterocycles. The fourth-order valence-electron chi connectivity index (χ4n) is 0.704. The monoisotopic (exact) mass is 220 g/mol. The largest absolute Gasteiger partial charge is 0.539 e. The Morgan fingerprint density at radius 2 is 1.64 bits per heavy atom. The molecule has 0 atom stereocenters. The van der Waals surface area contributed by atoms with E-state index in [1.165, 1.54) is 21.3 Å². The van der Waals surface area contributed by atoms with E-state index in [1.807, 2.05) is 0 Å². The lowest BCUT2D eigenvalue weighted by atomic mass is 10.4. The first-order valence-corrected chi connectivity index (χ1v) is 5.92. The van der Waals surface area contributed by atoms with Crippen LogP contribution in [0.25, 0.3) is 0 Å². The molecule has 0 bridgehead atoms. The summed E-state index contributed by atoms with van der Waals surface area (Å²) in [6.45, 7) is 5.02. The molecule has 0 fully saturated rings. The Morgan fingerprint density at radius 1 is 1.21 bits per heavy atom. The van der Waals surface area contributed by atoms with Crippen LogP contribution < -0.4 is 0 Å². The van der Waals surface area contributed by atoms with Crippen LogP contribution in [0, 0.1) is 0 Å². The molecule has 0 saturated heterocycles. The highest BCUT2D eigenvalue weighted by molar-refractivity contribution is 6.60. The van der Waals surface area contributed by atoms with Crippen molar-refractivity contribution in [1.29, 1.82) is 0 Å². The number of rotatable bonds is 6. The van der Waals surface area contributed by atoms with Gasteiger partial charge in [0.15, 0.2) is 6.23 Å². The normalized spacial score (nSPS) is 11.1. The number of hydrogen-bond donors (Lipinski definition) is 0. The molecule has 0 aromatic carbocycles. The predicted molar refractivity (Wildman–Crippen MR) is 52.6 cm³/mol.